The van der Waals surface area contributed by atoms with Crippen LogP contribution in [0.25, 0.3) is 0 Å². The van der Waals surface area contributed by atoms with E-state index in [1.54, 1.807) is 42.3 Å². The van der Waals surface area contributed by atoms with E-state index in [0.29, 0.717) is 13.2 Å². The highest BCUT2D eigenvalue weighted by atomic mass is 32.2. The second kappa shape index (κ2) is 8.01. The van der Waals surface area contributed by atoms with Crippen LogP contribution in [0.3, 0.4) is 0 Å². The van der Waals surface area contributed by atoms with Crippen LogP contribution < -0.4 is 0 Å². The van der Waals surface area contributed by atoms with E-state index in [1.807, 2.05) is 12.1 Å². The Hall–Kier alpha value is -2.18. The largest absolute Gasteiger partial charge is 0.371 e. The summed E-state index contributed by atoms with van der Waals surface area (Å²) in [5, 5.41) is 0. The van der Waals surface area contributed by atoms with Crippen molar-refractivity contribution in [2.75, 3.05) is 19.3 Å². The maximum absolute atomic E-state index is 12.3. The molecule has 2 aromatic rings. The molecule has 0 saturated carbocycles. The van der Waals surface area contributed by atoms with Crippen LogP contribution >= 0.6 is 0 Å². The Morgan fingerprint density at radius 2 is 1.73 bits per heavy atom. The summed E-state index contributed by atoms with van der Waals surface area (Å²) in [6.07, 6.45) is 0.664. The van der Waals surface area contributed by atoms with Gasteiger partial charge in [-0.2, -0.15) is 0 Å². The number of carbonyl (C=O) groups excluding carboxylic acids is 1. The van der Waals surface area contributed by atoms with E-state index in [9.17, 15) is 13.2 Å². The highest BCUT2D eigenvalue weighted by Crippen LogP contribution is 2.21. The summed E-state index contributed by atoms with van der Waals surface area (Å²) in [4.78, 5) is 14.2. The summed E-state index contributed by atoms with van der Waals surface area (Å²) in [5.74, 6) is -0.374. The number of sulfone groups is 1. The molecule has 5 nitrogen and oxygen atoms in total. The quantitative estimate of drug-likeness (QED) is 0.780. The van der Waals surface area contributed by atoms with E-state index >= 15 is 0 Å². The molecule has 0 saturated heterocycles. The van der Waals surface area contributed by atoms with Gasteiger partial charge in [0.25, 0.3) is 0 Å². The first kappa shape index (κ1) is 18.6. The molecule has 0 unspecified atom stereocenters. The molecule has 0 fully saturated rings. The van der Waals surface area contributed by atoms with Crippen LogP contribution in [0.4, 0.5) is 0 Å². The Morgan fingerprint density at radius 3 is 2.46 bits per heavy atom. The number of amides is 1. The van der Waals surface area contributed by atoms with Crippen molar-refractivity contribution in [2.45, 2.75) is 30.4 Å². The van der Waals surface area contributed by atoms with E-state index in [4.69, 9.17) is 4.74 Å². The molecule has 1 aliphatic rings. The van der Waals surface area contributed by atoms with Crippen molar-refractivity contribution >= 4 is 15.7 Å². The molecule has 138 valence electrons. The molecule has 0 aliphatic carbocycles. The fraction of sp³-hybridized carbons (Fsp3) is 0.350. The summed E-state index contributed by atoms with van der Waals surface area (Å²) < 4.78 is 30.4. The lowest BCUT2D eigenvalue weighted by Gasteiger charge is -2.29. The highest BCUT2D eigenvalue weighted by Gasteiger charge is 2.23. The third-order valence-corrected chi connectivity index (χ3v) is 6.36. The van der Waals surface area contributed by atoms with Crippen LogP contribution in [0, 0.1) is 0 Å². The van der Waals surface area contributed by atoms with Gasteiger partial charge in [-0.05, 0) is 23.3 Å². The highest BCUT2D eigenvalue weighted by molar-refractivity contribution is 7.91. The molecule has 1 aliphatic heterocycles. The molecular weight excluding hydrogens is 350 g/mol. The molecule has 0 bridgehead atoms. The van der Waals surface area contributed by atoms with Gasteiger partial charge < -0.3 is 9.64 Å². The zero-order valence-corrected chi connectivity index (χ0v) is 15.6. The van der Waals surface area contributed by atoms with Gasteiger partial charge in [-0.3, -0.25) is 4.79 Å². The van der Waals surface area contributed by atoms with Crippen LogP contribution in [-0.4, -0.2) is 44.7 Å². The molecule has 3 rings (SSSR count). The summed E-state index contributed by atoms with van der Waals surface area (Å²) >= 11 is 0. The van der Waals surface area contributed by atoms with E-state index in [1.165, 1.54) is 11.1 Å². The lowest BCUT2D eigenvalue weighted by Crippen LogP contribution is -2.38. The maximum Gasteiger partial charge on any atom is 0.223 e. The maximum atomic E-state index is 12.3. The predicted octanol–water partition coefficient (Wildman–Crippen LogP) is 2.45. The number of nitrogens with zero attached hydrogens (tertiary/aromatic N) is 1. The molecule has 26 heavy (non-hydrogen) atoms. The van der Waals surface area contributed by atoms with Gasteiger partial charge in [0.15, 0.2) is 9.84 Å². The van der Waals surface area contributed by atoms with E-state index in [-0.39, 0.29) is 29.1 Å². The molecule has 0 N–H and O–H groups in total. The fourth-order valence-corrected chi connectivity index (χ4v) is 4.34. The molecule has 0 radical (unpaired) electrons. The normalized spacial score (nSPS) is 16.7. The predicted molar refractivity (Wildman–Crippen MR) is 99.5 cm³/mol. The van der Waals surface area contributed by atoms with Gasteiger partial charge >= 0.3 is 0 Å². The first-order valence-electron chi connectivity index (χ1n) is 8.66. The average molecular weight is 373 g/mol. The Morgan fingerprint density at radius 1 is 1.08 bits per heavy atom. The molecule has 6 heteroatoms. The Labute approximate surface area is 154 Å². The number of ether oxygens (including phenoxy) is 1. The zero-order valence-electron chi connectivity index (χ0n) is 14.8. The monoisotopic (exact) mass is 373 g/mol. The first-order valence-corrected chi connectivity index (χ1v) is 10.3. The first-order chi connectivity index (χ1) is 12.5. The number of hydrogen-bond donors (Lipinski definition) is 0. The molecule has 1 atom stereocenters. The number of benzene rings is 2. The number of fused-ring (bicyclic) bond motifs is 1. The minimum atomic E-state index is -3.44. The Bertz CT molecular complexity index is 864. The summed E-state index contributed by atoms with van der Waals surface area (Å²) in [6, 6.07) is 16.4. The van der Waals surface area contributed by atoms with E-state index in [2.05, 4.69) is 12.1 Å². The van der Waals surface area contributed by atoms with Gasteiger partial charge in [0.2, 0.25) is 5.91 Å². The van der Waals surface area contributed by atoms with Gasteiger partial charge in [0.1, 0.15) is 0 Å². The van der Waals surface area contributed by atoms with Crippen molar-refractivity contribution in [3.63, 3.8) is 0 Å². The van der Waals surface area contributed by atoms with Crippen LogP contribution in [0.1, 0.15) is 17.5 Å². The third-order valence-electron chi connectivity index (χ3n) is 4.63. The number of carbonyl (C=O) groups is 1. The summed E-state index contributed by atoms with van der Waals surface area (Å²) in [7, 11) is -1.74. The van der Waals surface area contributed by atoms with E-state index < -0.39 is 9.84 Å². The van der Waals surface area contributed by atoms with Crippen LogP contribution in [0.5, 0.6) is 0 Å². The second-order valence-corrected chi connectivity index (χ2v) is 8.67. The zero-order chi connectivity index (χ0) is 18.6. The number of likely N-dealkylation sites (N-methyl/N-ethyl adjacent to an activating group) is 1. The van der Waals surface area contributed by atoms with Crippen LogP contribution in [-0.2, 0) is 32.4 Å². The lowest BCUT2D eigenvalue weighted by atomic mass is 9.99. The van der Waals surface area contributed by atoms with Crippen molar-refractivity contribution in [1.82, 2.24) is 4.90 Å². The van der Waals surface area contributed by atoms with Crippen molar-refractivity contribution in [3.05, 3.63) is 65.7 Å². The lowest BCUT2D eigenvalue weighted by molar-refractivity contribution is -0.131. The molecule has 2 aromatic carbocycles. The topological polar surface area (TPSA) is 63.7 Å². The second-order valence-electron chi connectivity index (χ2n) is 6.56. The minimum Gasteiger partial charge on any atom is -0.371 e. The number of rotatable bonds is 6. The van der Waals surface area contributed by atoms with E-state index in [0.717, 1.165) is 6.42 Å². The van der Waals surface area contributed by atoms with Gasteiger partial charge in [-0.15, -0.1) is 0 Å². The smallest absolute Gasteiger partial charge is 0.223 e. The summed E-state index contributed by atoms with van der Waals surface area (Å²) in [5.41, 5.74) is 2.43. The SMILES string of the molecule is CN(C[C@H]1Cc2ccccc2CO1)C(=O)CCS(=O)(=O)c1ccccc1. The van der Waals surface area contributed by atoms with Crippen molar-refractivity contribution in [1.29, 1.82) is 0 Å². The molecular formula is C20H23NO4S. The van der Waals surface area contributed by atoms with Gasteiger partial charge in [0.05, 0.1) is 23.4 Å². The molecule has 1 heterocycles. The fourth-order valence-electron chi connectivity index (χ4n) is 3.09. The third kappa shape index (κ3) is 4.51. The minimum absolute atomic E-state index is 0.0307. The van der Waals surface area contributed by atoms with Crippen molar-refractivity contribution in [2.24, 2.45) is 0 Å². The molecule has 0 spiro atoms. The summed E-state index contributed by atoms with van der Waals surface area (Å²) in [6.45, 7) is 1.00. The van der Waals surface area contributed by atoms with Crippen LogP contribution in [0.15, 0.2) is 59.5 Å². The van der Waals surface area contributed by atoms with Crippen molar-refractivity contribution in [3.8, 4) is 0 Å². The van der Waals surface area contributed by atoms with Crippen LogP contribution in [0.2, 0.25) is 0 Å². The average Bonchev–Trinajstić information content (AvgIpc) is 2.66. The standard InChI is InChI=1S/C20H23NO4S/c1-21(14-18-13-16-7-5-6-8-17(16)15-25-18)20(22)11-12-26(23,24)19-9-3-2-4-10-19/h2-10,18H,11-15H2,1H3/t18-/m1/s1. The molecule has 1 amide bonds. The van der Waals surface area contributed by atoms with Gasteiger partial charge in [-0.25, -0.2) is 8.42 Å². The molecule has 0 aromatic heterocycles. The Kier molecular flexibility index (Phi) is 5.74. The van der Waals surface area contributed by atoms with Crippen molar-refractivity contribution < 1.29 is 17.9 Å². The van der Waals surface area contributed by atoms with Gasteiger partial charge in [-0.1, -0.05) is 42.5 Å². The Balaban J connectivity index is 1.53. The van der Waals surface area contributed by atoms with Gasteiger partial charge in [0, 0.05) is 26.4 Å². The number of hydrogen-bond acceptors (Lipinski definition) is 4.